The largest absolute Gasteiger partial charge is 0.453 e. The molecule has 6 rings (SSSR count). The number of aliphatic hydroxyl groups is 1. The lowest BCUT2D eigenvalue weighted by molar-refractivity contribution is -0.137. The second kappa shape index (κ2) is 12.5. The summed E-state index contributed by atoms with van der Waals surface area (Å²) in [6.45, 7) is 6.85. The van der Waals surface area contributed by atoms with Crippen LogP contribution in [0.5, 0.6) is 11.5 Å². The highest BCUT2D eigenvalue weighted by atomic mass is 32.1. The number of nitrogens with one attached hydrogen (secondary N) is 2. The van der Waals surface area contributed by atoms with Gasteiger partial charge in [0, 0.05) is 69.0 Å². The standard InChI is InChI=1S/C32H35FN6O4S/c1-32(2,42)17-29(40)39-13-11-38(12-14-39)19-20-3-7-24(35-18-20)28-16-25-30(44-28)27(9-10-34-25)43-26-8-6-22(15-23(26)33)37-31(41)36-21-4-5-21/h3,6-10,15-16,18,21,42H,4-5,11-14,17,19H2,1-2H3,(H2,36,37,41). The molecule has 0 spiro atoms. The van der Waals surface area contributed by atoms with Crippen LogP contribution >= 0.6 is 11.3 Å². The Labute approximate surface area is 258 Å². The number of halogens is 1. The molecule has 12 heteroatoms. The third-order valence-electron chi connectivity index (χ3n) is 7.49. The number of thiophene rings is 1. The molecule has 4 aromatic rings. The molecule has 44 heavy (non-hydrogen) atoms. The minimum atomic E-state index is -1.00. The van der Waals surface area contributed by atoms with E-state index in [4.69, 9.17) is 9.72 Å². The van der Waals surface area contributed by atoms with E-state index in [2.05, 4.69) is 26.6 Å². The Balaban J connectivity index is 1.08. The molecule has 3 aromatic heterocycles. The van der Waals surface area contributed by atoms with Crippen molar-refractivity contribution in [1.29, 1.82) is 0 Å². The zero-order valence-corrected chi connectivity index (χ0v) is 25.5. The molecule has 3 N–H and O–H groups in total. The SMILES string of the molecule is CC(C)(O)CC(=O)N1CCN(Cc2ccc(-c3cc4nccc(Oc5ccc(NC(=O)NC6CC6)cc5F)c4s3)nc2)CC1. The van der Waals surface area contributed by atoms with E-state index in [1.807, 2.05) is 23.2 Å². The number of rotatable bonds is 9. The molecular weight excluding hydrogens is 583 g/mol. The van der Waals surface area contributed by atoms with Gasteiger partial charge in [-0.1, -0.05) is 6.07 Å². The molecule has 1 aliphatic carbocycles. The van der Waals surface area contributed by atoms with Crippen molar-refractivity contribution in [3.05, 3.63) is 66.2 Å². The Bertz CT molecular complexity index is 1660. The van der Waals surface area contributed by atoms with Crippen LogP contribution in [-0.4, -0.2) is 74.6 Å². The van der Waals surface area contributed by atoms with Crippen LogP contribution in [0.15, 0.2) is 54.9 Å². The molecule has 0 radical (unpaired) electrons. The van der Waals surface area contributed by atoms with Crippen LogP contribution in [0.4, 0.5) is 14.9 Å². The Morgan fingerprint density at radius 2 is 1.86 bits per heavy atom. The highest BCUT2D eigenvalue weighted by Crippen LogP contribution is 2.39. The third-order valence-corrected chi connectivity index (χ3v) is 8.65. The molecule has 1 saturated carbocycles. The average molecular weight is 619 g/mol. The zero-order chi connectivity index (χ0) is 30.8. The fourth-order valence-electron chi connectivity index (χ4n) is 5.04. The van der Waals surface area contributed by atoms with E-state index in [1.54, 1.807) is 32.2 Å². The zero-order valence-electron chi connectivity index (χ0n) is 24.7. The van der Waals surface area contributed by atoms with Crippen molar-refractivity contribution in [2.24, 2.45) is 0 Å². The molecule has 1 saturated heterocycles. The van der Waals surface area contributed by atoms with Gasteiger partial charge in [0.1, 0.15) is 5.75 Å². The quantitative estimate of drug-likeness (QED) is 0.231. The summed E-state index contributed by atoms with van der Waals surface area (Å²) in [5.41, 5.74) is 1.95. The van der Waals surface area contributed by atoms with Crippen molar-refractivity contribution >= 4 is 39.2 Å². The molecule has 4 heterocycles. The molecule has 0 atom stereocenters. The predicted molar refractivity (Wildman–Crippen MR) is 167 cm³/mol. The fourth-order valence-corrected chi connectivity index (χ4v) is 6.08. The number of carbonyl (C=O) groups is 2. The summed E-state index contributed by atoms with van der Waals surface area (Å²) in [6, 6.07) is 11.9. The highest BCUT2D eigenvalue weighted by Gasteiger charge is 2.26. The van der Waals surface area contributed by atoms with Crippen molar-refractivity contribution in [2.45, 2.75) is 51.3 Å². The van der Waals surface area contributed by atoms with E-state index >= 15 is 0 Å². The highest BCUT2D eigenvalue weighted by molar-refractivity contribution is 7.22. The molecule has 230 valence electrons. The van der Waals surface area contributed by atoms with Gasteiger partial charge in [0.05, 0.1) is 32.8 Å². The van der Waals surface area contributed by atoms with E-state index in [9.17, 15) is 19.1 Å². The maximum atomic E-state index is 14.9. The average Bonchev–Trinajstić information content (AvgIpc) is 3.68. The Hall–Kier alpha value is -4.13. The number of carbonyl (C=O) groups excluding carboxylic acids is 2. The molecule has 10 nitrogen and oxygen atoms in total. The van der Waals surface area contributed by atoms with Crippen LogP contribution in [-0.2, 0) is 11.3 Å². The summed E-state index contributed by atoms with van der Waals surface area (Å²) in [6.07, 6.45) is 5.56. The Morgan fingerprint density at radius 3 is 2.55 bits per heavy atom. The molecular formula is C32H35FN6O4S. The summed E-state index contributed by atoms with van der Waals surface area (Å²) < 4.78 is 21.6. The normalized spacial score (nSPS) is 15.8. The van der Waals surface area contributed by atoms with Crippen LogP contribution in [0.25, 0.3) is 20.8 Å². The second-order valence-electron chi connectivity index (χ2n) is 12.0. The van der Waals surface area contributed by atoms with Gasteiger partial charge in [-0.15, -0.1) is 11.3 Å². The number of aromatic nitrogens is 2. The number of anilines is 1. The molecule has 0 unspecified atom stereocenters. The number of ether oxygens (including phenoxy) is 1. The number of urea groups is 1. The summed E-state index contributed by atoms with van der Waals surface area (Å²) in [5, 5.41) is 15.4. The molecule has 1 aliphatic heterocycles. The van der Waals surface area contributed by atoms with Crippen LogP contribution in [0, 0.1) is 5.82 Å². The predicted octanol–water partition coefficient (Wildman–Crippen LogP) is 5.38. The fraction of sp³-hybridized carbons (Fsp3) is 0.375. The number of hydrogen-bond donors (Lipinski definition) is 3. The summed E-state index contributed by atoms with van der Waals surface area (Å²) in [4.78, 5) is 38.6. The van der Waals surface area contributed by atoms with Gasteiger partial charge in [0.15, 0.2) is 11.6 Å². The van der Waals surface area contributed by atoms with Crippen LogP contribution in [0.3, 0.4) is 0 Å². The Morgan fingerprint density at radius 1 is 1.07 bits per heavy atom. The van der Waals surface area contributed by atoms with E-state index in [0.717, 1.165) is 58.8 Å². The maximum Gasteiger partial charge on any atom is 0.319 e. The summed E-state index contributed by atoms with van der Waals surface area (Å²) in [7, 11) is 0. The van der Waals surface area contributed by atoms with E-state index in [0.29, 0.717) is 24.5 Å². The van der Waals surface area contributed by atoms with Gasteiger partial charge in [-0.25, -0.2) is 9.18 Å². The van der Waals surface area contributed by atoms with Gasteiger partial charge in [0.2, 0.25) is 5.91 Å². The van der Waals surface area contributed by atoms with Crippen molar-refractivity contribution in [2.75, 3.05) is 31.5 Å². The second-order valence-corrected chi connectivity index (χ2v) is 13.0. The molecule has 3 amide bonds. The van der Waals surface area contributed by atoms with Crippen molar-refractivity contribution in [1.82, 2.24) is 25.1 Å². The van der Waals surface area contributed by atoms with Crippen LogP contribution in [0.1, 0.15) is 38.7 Å². The van der Waals surface area contributed by atoms with Crippen LogP contribution in [0.2, 0.25) is 0 Å². The molecule has 1 aromatic carbocycles. The number of fused-ring (bicyclic) bond motifs is 1. The molecule has 0 bridgehead atoms. The molecule has 2 fully saturated rings. The van der Waals surface area contributed by atoms with Gasteiger partial charge in [0.25, 0.3) is 0 Å². The number of benzene rings is 1. The third kappa shape index (κ3) is 7.50. The lowest BCUT2D eigenvalue weighted by Gasteiger charge is -2.35. The van der Waals surface area contributed by atoms with Crippen molar-refractivity contribution in [3.63, 3.8) is 0 Å². The minimum Gasteiger partial charge on any atom is -0.453 e. The first-order valence-electron chi connectivity index (χ1n) is 14.7. The smallest absolute Gasteiger partial charge is 0.319 e. The topological polar surface area (TPSA) is 120 Å². The number of piperazine rings is 1. The number of nitrogens with zero attached hydrogens (tertiary/aromatic N) is 4. The van der Waals surface area contributed by atoms with E-state index < -0.39 is 11.4 Å². The van der Waals surface area contributed by atoms with Gasteiger partial charge in [-0.2, -0.15) is 0 Å². The lowest BCUT2D eigenvalue weighted by Crippen LogP contribution is -2.49. The first-order chi connectivity index (χ1) is 21.1. The van der Waals surface area contributed by atoms with Gasteiger partial charge in [-0.3, -0.25) is 19.7 Å². The minimum absolute atomic E-state index is 0.0141. The number of amides is 3. The summed E-state index contributed by atoms with van der Waals surface area (Å²) in [5.74, 6) is -0.0743. The van der Waals surface area contributed by atoms with Crippen molar-refractivity contribution < 1.29 is 23.8 Å². The van der Waals surface area contributed by atoms with Gasteiger partial charge >= 0.3 is 6.03 Å². The first-order valence-corrected chi connectivity index (χ1v) is 15.5. The Kier molecular flexibility index (Phi) is 8.48. The van der Waals surface area contributed by atoms with Gasteiger partial charge < -0.3 is 25.4 Å². The summed E-state index contributed by atoms with van der Waals surface area (Å²) >= 11 is 1.47. The van der Waals surface area contributed by atoms with Crippen molar-refractivity contribution in [3.8, 4) is 22.1 Å². The van der Waals surface area contributed by atoms with Gasteiger partial charge in [-0.05, 0) is 56.5 Å². The van der Waals surface area contributed by atoms with Crippen LogP contribution < -0.4 is 15.4 Å². The number of hydrogen-bond acceptors (Lipinski definition) is 8. The number of pyridine rings is 2. The van der Waals surface area contributed by atoms with E-state index in [1.165, 1.54) is 23.5 Å². The lowest BCUT2D eigenvalue weighted by atomic mass is 10.0. The monoisotopic (exact) mass is 618 g/mol. The van der Waals surface area contributed by atoms with E-state index in [-0.39, 0.29) is 30.2 Å². The first kappa shape index (κ1) is 29.9. The molecule has 2 aliphatic rings. The maximum absolute atomic E-state index is 14.9.